The van der Waals surface area contributed by atoms with Crippen LogP contribution < -0.4 is 10.2 Å². The standard InChI is InChI=1S/C18H22N4O2S2/c1-5-22-12-8-6-7-9-13(12)26-18(4,16(22)24)15(23)19-17-21-20-14(25-17)10-11(2)3/h6-9,11H,5,10H2,1-4H3,(H,19,21,23). The van der Waals surface area contributed by atoms with Gasteiger partial charge in [-0.05, 0) is 31.9 Å². The van der Waals surface area contributed by atoms with Gasteiger partial charge in [0.2, 0.25) is 5.13 Å². The zero-order chi connectivity index (χ0) is 18.9. The second-order valence-electron chi connectivity index (χ2n) is 6.71. The van der Waals surface area contributed by atoms with Crippen LogP contribution in [-0.2, 0) is 16.0 Å². The van der Waals surface area contributed by atoms with E-state index in [4.69, 9.17) is 0 Å². The number of hydrogen-bond donors (Lipinski definition) is 1. The summed E-state index contributed by atoms with van der Waals surface area (Å²) in [6.45, 7) is 8.30. The van der Waals surface area contributed by atoms with Crippen LogP contribution in [0.5, 0.6) is 0 Å². The number of carbonyl (C=O) groups is 2. The highest BCUT2D eigenvalue weighted by Crippen LogP contribution is 2.45. The van der Waals surface area contributed by atoms with Crippen LogP contribution in [0.1, 0.15) is 32.7 Å². The molecule has 6 nitrogen and oxygen atoms in total. The van der Waals surface area contributed by atoms with Crippen LogP contribution in [-0.4, -0.2) is 33.3 Å². The Morgan fingerprint density at radius 1 is 1.31 bits per heavy atom. The molecule has 1 aromatic heterocycles. The Balaban J connectivity index is 1.84. The molecule has 0 bridgehead atoms. The van der Waals surface area contributed by atoms with Crippen molar-refractivity contribution in [2.45, 2.75) is 43.8 Å². The number of thioether (sulfide) groups is 1. The first-order valence-electron chi connectivity index (χ1n) is 8.59. The zero-order valence-corrected chi connectivity index (χ0v) is 16.9. The molecule has 1 unspecified atom stereocenters. The summed E-state index contributed by atoms with van der Waals surface area (Å²) in [5.74, 6) is -0.116. The molecule has 0 spiro atoms. The van der Waals surface area contributed by atoms with Crippen LogP contribution in [0, 0.1) is 5.92 Å². The van der Waals surface area contributed by atoms with Gasteiger partial charge in [0.1, 0.15) is 5.01 Å². The molecule has 0 aliphatic carbocycles. The van der Waals surface area contributed by atoms with Gasteiger partial charge in [0, 0.05) is 17.9 Å². The predicted molar refractivity (Wildman–Crippen MR) is 106 cm³/mol. The van der Waals surface area contributed by atoms with E-state index in [0.29, 0.717) is 17.6 Å². The summed E-state index contributed by atoms with van der Waals surface area (Å²) >= 11 is 2.64. The molecule has 0 fully saturated rings. The molecule has 1 atom stereocenters. The van der Waals surface area contributed by atoms with Crippen LogP contribution in [0.3, 0.4) is 0 Å². The summed E-state index contributed by atoms with van der Waals surface area (Å²) in [5.41, 5.74) is 0.852. The maximum absolute atomic E-state index is 13.0. The molecule has 0 saturated heterocycles. The highest BCUT2D eigenvalue weighted by molar-refractivity contribution is 8.02. The van der Waals surface area contributed by atoms with Crippen molar-refractivity contribution in [2.75, 3.05) is 16.8 Å². The maximum atomic E-state index is 13.0. The van der Waals surface area contributed by atoms with E-state index in [1.54, 1.807) is 11.8 Å². The molecule has 0 radical (unpaired) electrons. The van der Waals surface area contributed by atoms with Gasteiger partial charge in [-0.1, -0.05) is 49.1 Å². The number of anilines is 2. The third kappa shape index (κ3) is 3.48. The summed E-state index contributed by atoms with van der Waals surface area (Å²) in [6, 6.07) is 7.66. The first kappa shape index (κ1) is 18.8. The number of nitrogens with zero attached hydrogens (tertiary/aromatic N) is 3. The van der Waals surface area contributed by atoms with Crippen molar-refractivity contribution in [3.63, 3.8) is 0 Å². The van der Waals surface area contributed by atoms with Crippen molar-refractivity contribution >= 4 is 45.7 Å². The number of rotatable bonds is 5. The molecule has 8 heteroatoms. The minimum Gasteiger partial charge on any atom is -0.310 e. The normalized spacial score (nSPS) is 19.6. The molecule has 1 aromatic carbocycles. The number of fused-ring (bicyclic) bond motifs is 1. The number of benzene rings is 1. The lowest BCUT2D eigenvalue weighted by atomic mass is 10.1. The van der Waals surface area contributed by atoms with Crippen LogP contribution in [0.25, 0.3) is 0 Å². The summed E-state index contributed by atoms with van der Waals surface area (Å²) in [7, 11) is 0. The lowest BCUT2D eigenvalue weighted by molar-refractivity contribution is -0.128. The first-order chi connectivity index (χ1) is 12.3. The van der Waals surface area contributed by atoms with Crippen molar-refractivity contribution in [1.82, 2.24) is 10.2 Å². The second kappa shape index (κ2) is 7.36. The van der Waals surface area contributed by atoms with Gasteiger partial charge in [-0.3, -0.25) is 14.9 Å². The number of aromatic nitrogens is 2. The van der Waals surface area contributed by atoms with E-state index in [-0.39, 0.29) is 11.8 Å². The first-order valence-corrected chi connectivity index (χ1v) is 10.2. The molecule has 2 heterocycles. The van der Waals surface area contributed by atoms with Crippen LogP contribution in [0.4, 0.5) is 10.8 Å². The molecular weight excluding hydrogens is 368 g/mol. The van der Waals surface area contributed by atoms with E-state index in [1.807, 2.05) is 31.2 Å². The number of para-hydroxylation sites is 1. The Morgan fingerprint density at radius 3 is 2.73 bits per heavy atom. The van der Waals surface area contributed by atoms with Crippen LogP contribution in [0.15, 0.2) is 29.2 Å². The van der Waals surface area contributed by atoms with Crippen molar-refractivity contribution < 1.29 is 9.59 Å². The van der Waals surface area contributed by atoms with E-state index in [0.717, 1.165) is 22.0 Å². The van der Waals surface area contributed by atoms with Gasteiger partial charge < -0.3 is 4.90 Å². The Bertz CT molecular complexity index is 836. The maximum Gasteiger partial charge on any atom is 0.252 e. The van der Waals surface area contributed by atoms with Crippen molar-refractivity contribution in [1.29, 1.82) is 0 Å². The van der Waals surface area contributed by atoms with Crippen molar-refractivity contribution in [2.24, 2.45) is 5.92 Å². The molecule has 26 heavy (non-hydrogen) atoms. The lowest BCUT2D eigenvalue weighted by Crippen LogP contribution is -2.54. The van der Waals surface area contributed by atoms with Gasteiger partial charge in [0.15, 0.2) is 4.75 Å². The van der Waals surface area contributed by atoms with E-state index in [2.05, 4.69) is 29.4 Å². The van der Waals surface area contributed by atoms with Crippen LogP contribution >= 0.6 is 23.1 Å². The minimum atomic E-state index is -1.24. The van der Waals surface area contributed by atoms with Crippen molar-refractivity contribution in [3.8, 4) is 0 Å². The Hall–Kier alpha value is -1.93. The highest BCUT2D eigenvalue weighted by atomic mass is 32.2. The van der Waals surface area contributed by atoms with Gasteiger partial charge in [0.25, 0.3) is 11.8 Å². The fourth-order valence-electron chi connectivity index (χ4n) is 2.81. The quantitative estimate of drug-likeness (QED) is 0.790. The molecular formula is C18H22N4O2S2. The Labute approximate surface area is 161 Å². The van der Waals surface area contributed by atoms with Gasteiger partial charge in [-0.25, -0.2) is 0 Å². The number of amides is 2. The smallest absolute Gasteiger partial charge is 0.252 e. The summed E-state index contributed by atoms with van der Waals surface area (Å²) in [6.07, 6.45) is 0.815. The van der Waals surface area contributed by atoms with Gasteiger partial charge in [-0.2, -0.15) is 0 Å². The number of carbonyl (C=O) groups excluding carboxylic acids is 2. The second-order valence-corrected chi connectivity index (χ2v) is 9.23. The van der Waals surface area contributed by atoms with Gasteiger partial charge in [-0.15, -0.1) is 10.2 Å². The Morgan fingerprint density at radius 2 is 2.04 bits per heavy atom. The average Bonchev–Trinajstić information content (AvgIpc) is 3.02. The summed E-state index contributed by atoms with van der Waals surface area (Å²) in [4.78, 5) is 28.6. The lowest BCUT2D eigenvalue weighted by Gasteiger charge is -2.38. The van der Waals surface area contributed by atoms with Crippen molar-refractivity contribution in [3.05, 3.63) is 29.3 Å². The highest BCUT2D eigenvalue weighted by Gasteiger charge is 2.49. The molecule has 3 rings (SSSR count). The fourth-order valence-corrected chi connectivity index (χ4v) is 4.96. The number of hydrogen-bond acceptors (Lipinski definition) is 6. The molecule has 1 aliphatic heterocycles. The largest absolute Gasteiger partial charge is 0.310 e. The Kier molecular flexibility index (Phi) is 5.34. The van der Waals surface area contributed by atoms with E-state index in [9.17, 15) is 9.59 Å². The summed E-state index contributed by atoms with van der Waals surface area (Å²) < 4.78 is -1.24. The van der Waals surface area contributed by atoms with E-state index in [1.165, 1.54) is 23.1 Å². The molecule has 2 aromatic rings. The molecule has 1 aliphatic rings. The third-order valence-electron chi connectivity index (χ3n) is 4.14. The molecule has 1 N–H and O–H groups in total. The average molecular weight is 391 g/mol. The van der Waals surface area contributed by atoms with E-state index < -0.39 is 4.75 Å². The minimum absolute atomic E-state index is 0.215. The fraction of sp³-hybridized carbons (Fsp3) is 0.444. The van der Waals surface area contributed by atoms with E-state index >= 15 is 0 Å². The molecule has 2 amide bonds. The van der Waals surface area contributed by atoms with Gasteiger partial charge >= 0.3 is 0 Å². The topological polar surface area (TPSA) is 75.2 Å². The zero-order valence-electron chi connectivity index (χ0n) is 15.3. The predicted octanol–water partition coefficient (Wildman–Crippen LogP) is 3.59. The summed E-state index contributed by atoms with van der Waals surface area (Å²) in [5, 5.41) is 12.3. The molecule has 138 valence electrons. The SMILES string of the molecule is CCN1C(=O)C(C)(C(=O)Nc2nnc(CC(C)C)s2)Sc2ccccc21. The monoisotopic (exact) mass is 390 g/mol. The number of nitrogens with one attached hydrogen (secondary N) is 1. The molecule has 0 saturated carbocycles. The third-order valence-corrected chi connectivity index (χ3v) is 6.34. The van der Waals surface area contributed by atoms with Crippen LogP contribution in [0.2, 0.25) is 0 Å². The van der Waals surface area contributed by atoms with Gasteiger partial charge in [0.05, 0.1) is 5.69 Å².